The van der Waals surface area contributed by atoms with Gasteiger partial charge >= 0.3 is 6.09 Å². The quantitative estimate of drug-likeness (QED) is 0.720. The minimum Gasteiger partial charge on any atom is -0.448 e. The molecule has 0 saturated carbocycles. The van der Waals surface area contributed by atoms with Crippen LogP contribution in [-0.2, 0) is 22.0 Å². The van der Waals surface area contributed by atoms with Crippen molar-refractivity contribution in [2.75, 3.05) is 26.3 Å². The smallest absolute Gasteiger partial charge is 0.410 e. The van der Waals surface area contributed by atoms with E-state index in [0.29, 0.717) is 31.7 Å². The summed E-state index contributed by atoms with van der Waals surface area (Å²) in [4.78, 5) is 13.0. The first-order valence-corrected chi connectivity index (χ1v) is 12.9. The SMILES string of the molecule is CC(C)(C)[Si](C)(C)OCC1Cc2cc(C(O)CN3CCOC3=O)cc(F)c2C1. The highest BCUT2D eigenvalue weighted by Crippen LogP contribution is 2.38. The predicted molar refractivity (Wildman–Crippen MR) is 108 cm³/mol. The van der Waals surface area contributed by atoms with Crippen LogP contribution in [0, 0.1) is 11.7 Å². The van der Waals surface area contributed by atoms with E-state index < -0.39 is 20.5 Å². The third-order valence-electron chi connectivity index (χ3n) is 6.42. The molecule has 1 aliphatic carbocycles. The van der Waals surface area contributed by atoms with Gasteiger partial charge in [-0.2, -0.15) is 0 Å². The number of benzene rings is 1. The van der Waals surface area contributed by atoms with E-state index in [1.165, 1.54) is 11.0 Å². The molecule has 1 N–H and O–H groups in total. The molecule has 7 heteroatoms. The van der Waals surface area contributed by atoms with Crippen LogP contribution in [0.2, 0.25) is 18.1 Å². The van der Waals surface area contributed by atoms with E-state index in [2.05, 4.69) is 33.9 Å². The Balaban J connectivity index is 1.65. The van der Waals surface area contributed by atoms with Crippen LogP contribution in [0.4, 0.5) is 9.18 Å². The second-order valence-electron chi connectivity index (χ2n) is 9.56. The van der Waals surface area contributed by atoms with Crippen LogP contribution in [0.3, 0.4) is 0 Å². The van der Waals surface area contributed by atoms with Crippen LogP contribution >= 0.6 is 0 Å². The van der Waals surface area contributed by atoms with Gasteiger partial charge in [-0.15, -0.1) is 0 Å². The van der Waals surface area contributed by atoms with Gasteiger partial charge in [0.05, 0.1) is 19.2 Å². The normalized spacial score (nSPS) is 21.0. The molecule has 156 valence electrons. The van der Waals surface area contributed by atoms with E-state index in [9.17, 15) is 14.3 Å². The van der Waals surface area contributed by atoms with Gasteiger partial charge in [0.15, 0.2) is 8.32 Å². The number of halogens is 1. The summed E-state index contributed by atoms with van der Waals surface area (Å²) >= 11 is 0. The Bertz CT molecular complexity index is 747. The zero-order valence-corrected chi connectivity index (χ0v) is 18.5. The molecule has 3 rings (SSSR count). The van der Waals surface area contributed by atoms with E-state index in [-0.39, 0.29) is 23.3 Å². The van der Waals surface area contributed by atoms with Gasteiger partial charge in [-0.25, -0.2) is 9.18 Å². The Morgan fingerprint density at radius 1 is 1.36 bits per heavy atom. The van der Waals surface area contributed by atoms with Gasteiger partial charge in [0.2, 0.25) is 0 Å². The van der Waals surface area contributed by atoms with E-state index in [0.717, 1.165) is 17.5 Å². The number of aliphatic hydroxyl groups excluding tert-OH is 1. The lowest BCUT2D eigenvalue weighted by atomic mass is 10.0. The number of aliphatic hydroxyl groups is 1. The summed E-state index contributed by atoms with van der Waals surface area (Å²) in [5.74, 6) is -0.00930. The van der Waals surface area contributed by atoms with Crippen molar-refractivity contribution < 1.29 is 23.5 Å². The Hall–Kier alpha value is -1.44. The fourth-order valence-corrected chi connectivity index (χ4v) is 4.64. The molecule has 28 heavy (non-hydrogen) atoms. The lowest BCUT2D eigenvalue weighted by molar-refractivity contribution is 0.118. The van der Waals surface area contributed by atoms with Crippen molar-refractivity contribution >= 4 is 14.4 Å². The summed E-state index contributed by atoms with van der Waals surface area (Å²) in [5, 5.41) is 10.6. The number of β-amino-alcohol motifs (C(OH)–C–C–N with tert-alkyl or cyclic N) is 1. The highest BCUT2D eigenvalue weighted by atomic mass is 28.4. The highest BCUT2D eigenvalue weighted by molar-refractivity contribution is 6.74. The fraction of sp³-hybridized carbons (Fsp3) is 0.667. The van der Waals surface area contributed by atoms with Crippen molar-refractivity contribution in [3.63, 3.8) is 0 Å². The maximum absolute atomic E-state index is 14.7. The van der Waals surface area contributed by atoms with Crippen molar-refractivity contribution in [2.45, 2.75) is 57.8 Å². The van der Waals surface area contributed by atoms with Gasteiger partial charge in [0.25, 0.3) is 0 Å². The standard InChI is InChI=1S/C21H32FNO4Si/c1-21(2,3)28(4,5)27-13-14-8-15-10-16(11-18(22)17(15)9-14)19(24)12-23-6-7-26-20(23)25/h10-11,14,19,24H,6-9,12-13H2,1-5H3. The van der Waals surface area contributed by atoms with Gasteiger partial charge in [0, 0.05) is 6.61 Å². The second kappa shape index (κ2) is 7.76. The minimum absolute atomic E-state index is 0.120. The third-order valence-corrected chi connectivity index (χ3v) is 10.9. The number of fused-ring (bicyclic) bond motifs is 1. The summed E-state index contributed by atoms with van der Waals surface area (Å²) in [5.41, 5.74) is 2.20. The number of carbonyl (C=O) groups excluding carboxylic acids is 1. The van der Waals surface area contributed by atoms with Crippen LogP contribution in [0.15, 0.2) is 12.1 Å². The van der Waals surface area contributed by atoms with E-state index >= 15 is 0 Å². The van der Waals surface area contributed by atoms with Gasteiger partial charge in [-0.05, 0) is 59.6 Å². The van der Waals surface area contributed by atoms with Crippen LogP contribution in [0.5, 0.6) is 0 Å². The maximum atomic E-state index is 14.7. The van der Waals surface area contributed by atoms with E-state index in [1.807, 2.05) is 6.07 Å². The number of nitrogens with zero attached hydrogens (tertiary/aromatic N) is 1. The second-order valence-corrected chi connectivity index (χ2v) is 14.4. The van der Waals surface area contributed by atoms with Crippen LogP contribution < -0.4 is 0 Å². The molecular weight excluding hydrogens is 377 g/mol. The molecule has 2 unspecified atom stereocenters. The molecular formula is C21H32FNO4Si. The summed E-state index contributed by atoms with van der Waals surface area (Å²) in [6.07, 6.45) is 0.0779. The third kappa shape index (κ3) is 4.42. The zero-order valence-electron chi connectivity index (χ0n) is 17.5. The molecule has 2 aliphatic rings. The number of carbonyl (C=O) groups is 1. The Morgan fingerprint density at radius 3 is 2.68 bits per heavy atom. The summed E-state index contributed by atoms with van der Waals surface area (Å²) < 4.78 is 25.9. The number of amides is 1. The van der Waals surface area contributed by atoms with Crippen molar-refractivity contribution in [2.24, 2.45) is 5.92 Å². The first kappa shape index (κ1) is 21.3. The van der Waals surface area contributed by atoms with Gasteiger partial charge in [-0.3, -0.25) is 0 Å². The molecule has 1 aliphatic heterocycles. The molecule has 1 aromatic rings. The lowest BCUT2D eigenvalue weighted by Gasteiger charge is -2.37. The van der Waals surface area contributed by atoms with Gasteiger partial charge in [-0.1, -0.05) is 26.8 Å². The first-order chi connectivity index (χ1) is 13.0. The number of hydrogen-bond acceptors (Lipinski definition) is 4. The lowest BCUT2D eigenvalue weighted by Crippen LogP contribution is -2.42. The Labute approximate surface area is 168 Å². The molecule has 1 amide bonds. The largest absolute Gasteiger partial charge is 0.448 e. The monoisotopic (exact) mass is 409 g/mol. The molecule has 1 fully saturated rings. The summed E-state index contributed by atoms with van der Waals surface area (Å²) in [6, 6.07) is 3.29. The van der Waals surface area contributed by atoms with Crippen molar-refractivity contribution in [1.82, 2.24) is 4.90 Å². The first-order valence-electron chi connectivity index (χ1n) is 10.0. The zero-order chi connectivity index (χ0) is 20.7. The number of hydrogen-bond donors (Lipinski definition) is 1. The average Bonchev–Trinajstić information content (AvgIpc) is 3.18. The predicted octanol–water partition coefficient (Wildman–Crippen LogP) is 4.05. The van der Waals surface area contributed by atoms with Gasteiger partial charge < -0.3 is 19.2 Å². The minimum atomic E-state index is -1.83. The molecule has 5 nitrogen and oxygen atoms in total. The average molecular weight is 410 g/mol. The maximum Gasteiger partial charge on any atom is 0.410 e. The van der Waals surface area contributed by atoms with Crippen molar-refractivity contribution in [3.8, 4) is 0 Å². The molecule has 0 spiro atoms. The molecule has 2 atom stereocenters. The fourth-order valence-electron chi connectivity index (χ4n) is 3.56. The molecule has 0 bridgehead atoms. The highest BCUT2D eigenvalue weighted by Gasteiger charge is 2.38. The number of ether oxygens (including phenoxy) is 1. The molecule has 1 heterocycles. The van der Waals surface area contributed by atoms with Crippen molar-refractivity contribution in [3.05, 3.63) is 34.6 Å². The summed E-state index contributed by atoms with van der Waals surface area (Å²) in [7, 11) is -1.83. The molecule has 1 aromatic carbocycles. The molecule has 1 saturated heterocycles. The van der Waals surface area contributed by atoms with E-state index in [1.54, 1.807) is 0 Å². The van der Waals surface area contributed by atoms with Crippen LogP contribution in [-0.4, -0.2) is 50.7 Å². The Kier molecular flexibility index (Phi) is 5.90. The summed E-state index contributed by atoms with van der Waals surface area (Å²) in [6.45, 7) is 12.7. The number of rotatable bonds is 6. The molecule has 0 aromatic heterocycles. The van der Waals surface area contributed by atoms with Gasteiger partial charge in [0.1, 0.15) is 12.4 Å². The topological polar surface area (TPSA) is 59.0 Å². The van der Waals surface area contributed by atoms with Crippen molar-refractivity contribution in [1.29, 1.82) is 0 Å². The Morgan fingerprint density at radius 2 is 2.07 bits per heavy atom. The number of cyclic esters (lactones) is 1. The van der Waals surface area contributed by atoms with E-state index in [4.69, 9.17) is 9.16 Å². The van der Waals surface area contributed by atoms with Crippen LogP contribution in [0.25, 0.3) is 0 Å². The van der Waals surface area contributed by atoms with Crippen LogP contribution in [0.1, 0.15) is 43.6 Å². The molecule has 0 radical (unpaired) electrons.